The number of ether oxygens (including phenoxy) is 2. The highest BCUT2D eigenvalue weighted by molar-refractivity contribution is 9.09. The predicted molar refractivity (Wildman–Crippen MR) is 276 cm³/mol. The van der Waals surface area contributed by atoms with E-state index in [0.717, 1.165) is 86.7 Å². The van der Waals surface area contributed by atoms with Crippen molar-refractivity contribution in [3.63, 3.8) is 0 Å². The molecule has 2 aromatic carbocycles. The summed E-state index contributed by atoms with van der Waals surface area (Å²) in [7, 11) is 0. The number of halogens is 2. The standard InChI is InChI=1S/C56H74Br2N4O2/c1-9-43-35(5)53-51(39-23-21-25-41(31-39)63-29-19-15-13-17-27-57)54-37(7)45(11-3)49(61-54)34-50-46(12-4)38(8)56(62-50)52(55-36(6)44(10-2)48(60-55)33-47(43)59-53)40-24-22-26-42(32-40)64-30-20-16-14-18-28-58/h21-26,31-32,51-52,59-62H,9-20,27-30,33-34H2,1-8H3. The zero-order valence-corrected chi connectivity index (χ0v) is 43.2. The van der Waals surface area contributed by atoms with Crippen LogP contribution in [-0.4, -0.2) is 43.8 Å². The number of unbranched alkanes of at least 4 members (excludes halogenated alkanes) is 6. The van der Waals surface area contributed by atoms with Gasteiger partial charge in [-0.3, -0.25) is 0 Å². The van der Waals surface area contributed by atoms with Gasteiger partial charge >= 0.3 is 0 Å². The molecule has 64 heavy (non-hydrogen) atoms. The highest BCUT2D eigenvalue weighted by atomic mass is 79.9. The van der Waals surface area contributed by atoms with E-state index in [9.17, 15) is 0 Å². The van der Waals surface area contributed by atoms with Crippen LogP contribution in [0.2, 0.25) is 0 Å². The van der Waals surface area contributed by atoms with Gasteiger partial charge in [0.15, 0.2) is 0 Å². The van der Waals surface area contributed by atoms with Crippen LogP contribution in [0.25, 0.3) is 0 Å². The van der Waals surface area contributed by atoms with E-state index in [4.69, 9.17) is 9.47 Å². The second kappa shape index (κ2) is 22.5. The number of fused-ring (bicyclic) bond motifs is 8. The zero-order valence-electron chi connectivity index (χ0n) is 40.1. The van der Waals surface area contributed by atoms with Crippen molar-refractivity contribution in [3.05, 3.63) is 150 Å². The number of nitrogens with one attached hydrogen (secondary N) is 4. The van der Waals surface area contributed by atoms with E-state index in [1.807, 2.05) is 0 Å². The molecule has 0 radical (unpaired) electrons. The summed E-state index contributed by atoms with van der Waals surface area (Å²) in [5.41, 5.74) is 23.9. The number of benzene rings is 2. The van der Waals surface area contributed by atoms with Crippen LogP contribution in [0.5, 0.6) is 11.5 Å². The van der Waals surface area contributed by atoms with Crippen molar-refractivity contribution < 1.29 is 9.47 Å². The number of alkyl halides is 2. The van der Waals surface area contributed by atoms with E-state index in [2.05, 4.69) is 156 Å². The molecule has 0 atom stereocenters. The van der Waals surface area contributed by atoms with Crippen molar-refractivity contribution in [2.45, 2.75) is 157 Å². The molecule has 0 unspecified atom stereocenters. The molecule has 0 amide bonds. The number of aromatic nitrogens is 4. The van der Waals surface area contributed by atoms with Gasteiger partial charge in [0.1, 0.15) is 11.5 Å². The van der Waals surface area contributed by atoms with Gasteiger partial charge in [-0.05, 0) is 159 Å². The van der Waals surface area contributed by atoms with Crippen LogP contribution in [0, 0.1) is 27.7 Å². The summed E-state index contributed by atoms with van der Waals surface area (Å²) >= 11 is 7.16. The Bertz CT molecular complexity index is 2190. The molecule has 8 bridgehead atoms. The van der Waals surface area contributed by atoms with Crippen molar-refractivity contribution in [1.82, 2.24) is 19.9 Å². The summed E-state index contributed by atoms with van der Waals surface area (Å²) in [6, 6.07) is 17.9. The molecular weight excluding hydrogens is 920 g/mol. The minimum absolute atomic E-state index is 0.0140. The van der Waals surface area contributed by atoms with Gasteiger partial charge in [0, 0.05) is 69.1 Å². The first-order chi connectivity index (χ1) is 31.2. The highest BCUT2D eigenvalue weighted by Gasteiger charge is 2.32. The number of rotatable bonds is 20. The maximum absolute atomic E-state index is 6.47. The molecule has 1 aliphatic rings. The average Bonchev–Trinajstić information content (AvgIpc) is 3.99. The van der Waals surface area contributed by atoms with Gasteiger partial charge in [0.25, 0.3) is 0 Å². The lowest BCUT2D eigenvalue weighted by molar-refractivity contribution is 0.304. The fourth-order valence-electron chi connectivity index (χ4n) is 10.9. The van der Waals surface area contributed by atoms with Crippen molar-refractivity contribution in [3.8, 4) is 11.5 Å². The summed E-state index contributed by atoms with van der Waals surface area (Å²) in [5, 5.41) is 2.13. The summed E-state index contributed by atoms with van der Waals surface area (Å²) in [5.74, 6) is 1.86. The first-order valence-electron chi connectivity index (χ1n) is 24.6. The lowest BCUT2D eigenvalue weighted by atomic mass is 9.87. The van der Waals surface area contributed by atoms with E-state index < -0.39 is 0 Å². The molecule has 5 heterocycles. The first-order valence-corrected chi connectivity index (χ1v) is 26.8. The Hall–Kier alpha value is -3.88. The number of hydrogen-bond acceptors (Lipinski definition) is 2. The molecule has 4 aromatic heterocycles. The summed E-state index contributed by atoms with van der Waals surface area (Å²) in [6.07, 6.45) is 14.9. The smallest absolute Gasteiger partial charge is 0.119 e. The third kappa shape index (κ3) is 10.2. The molecule has 7 rings (SSSR count). The lowest BCUT2D eigenvalue weighted by Gasteiger charge is -2.20. The number of hydrogen-bond donors (Lipinski definition) is 4. The molecule has 344 valence electrons. The maximum Gasteiger partial charge on any atom is 0.119 e. The minimum Gasteiger partial charge on any atom is -0.494 e. The molecule has 1 aliphatic heterocycles. The fraction of sp³-hybridized carbons (Fsp3) is 0.500. The molecule has 0 saturated heterocycles. The van der Waals surface area contributed by atoms with Crippen molar-refractivity contribution in [2.75, 3.05) is 23.9 Å². The van der Waals surface area contributed by atoms with Gasteiger partial charge in [-0.1, -0.05) is 110 Å². The van der Waals surface area contributed by atoms with E-state index >= 15 is 0 Å². The van der Waals surface area contributed by atoms with Crippen LogP contribution >= 0.6 is 31.9 Å². The fourth-order valence-corrected chi connectivity index (χ4v) is 11.7. The maximum atomic E-state index is 6.47. The SMILES string of the molecule is CCc1c2[nH]c(c1C)C(c1cccc(OCCCCCCBr)c1)c1[nH]c(c(CC)c1C)Cc1[nH]c(c(C)c1CC)C(c1cccc(OCCCCCCBr)c1)c1[nH]c(c(CC)c1C)C2. The number of H-pyrrole nitrogens is 4. The second-order valence-electron chi connectivity index (χ2n) is 18.2. The Kier molecular flexibility index (Phi) is 16.9. The first kappa shape index (κ1) is 48.1. The number of aromatic amines is 4. The van der Waals surface area contributed by atoms with Crippen LogP contribution in [0.3, 0.4) is 0 Å². The molecule has 6 nitrogen and oxygen atoms in total. The zero-order chi connectivity index (χ0) is 45.3. The van der Waals surface area contributed by atoms with Crippen molar-refractivity contribution >= 4 is 31.9 Å². The quantitative estimate of drug-likeness (QED) is 0.0453. The summed E-state index contributed by atoms with van der Waals surface area (Å²) in [4.78, 5) is 16.6. The normalized spacial score (nSPS) is 15.0. The average molecular weight is 995 g/mol. The Balaban J connectivity index is 1.39. The van der Waals surface area contributed by atoms with E-state index in [0.29, 0.717) is 0 Å². The van der Waals surface area contributed by atoms with Crippen LogP contribution in [-0.2, 0) is 38.5 Å². The van der Waals surface area contributed by atoms with Crippen LogP contribution < -0.4 is 9.47 Å². The van der Waals surface area contributed by atoms with E-state index in [1.165, 1.54) is 140 Å². The Labute approximate surface area is 401 Å². The second-order valence-corrected chi connectivity index (χ2v) is 19.8. The highest BCUT2D eigenvalue weighted by Crippen LogP contribution is 2.43. The summed E-state index contributed by atoms with van der Waals surface area (Å²) in [6.45, 7) is 20.1. The van der Waals surface area contributed by atoms with Gasteiger partial charge in [-0.2, -0.15) is 0 Å². The van der Waals surface area contributed by atoms with Gasteiger partial charge < -0.3 is 29.4 Å². The predicted octanol–water partition coefficient (Wildman–Crippen LogP) is 15.0. The molecule has 4 N–H and O–H groups in total. The van der Waals surface area contributed by atoms with Crippen molar-refractivity contribution in [1.29, 1.82) is 0 Å². The van der Waals surface area contributed by atoms with Crippen LogP contribution in [0.4, 0.5) is 0 Å². The molecule has 6 aromatic rings. The Morgan fingerprint density at radius 3 is 1.06 bits per heavy atom. The third-order valence-corrected chi connectivity index (χ3v) is 15.4. The lowest BCUT2D eigenvalue weighted by Crippen LogP contribution is -2.09. The molecule has 0 aliphatic carbocycles. The molecule has 0 spiro atoms. The molecular formula is C56H74Br2N4O2. The van der Waals surface area contributed by atoms with Gasteiger partial charge in [0.2, 0.25) is 0 Å². The largest absolute Gasteiger partial charge is 0.494 e. The topological polar surface area (TPSA) is 81.6 Å². The molecule has 8 heteroatoms. The van der Waals surface area contributed by atoms with Gasteiger partial charge in [-0.25, -0.2) is 0 Å². The van der Waals surface area contributed by atoms with E-state index in [1.54, 1.807) is 0 Å². The Morgan fingerprint density at radius 1 is 0.453 bits per heavy atom. The van der Waals surface area contributed by atoms with Gasteiger partial charge in [-0.15, -0.1) is 0 Å². The van der Waals surface area contributed by atoms with Crippen molar-refractivity contribution in [2.24, 2.45) is 0 Å². The van der Waals surface area contributed by atoms with Crippen LogP contribution in [0.1, 0.15) is 192 Å². The minimum atomic E-state index is -0.0140. The summed E-state index contributed by atoms with van der Waals surface area (Å²) < 4.78 is 12.9. The van der Waals surface area contributed by atoms with Gasteiger partial charge in [0.05, 0.1) is 25.0 Å². The molecule has 0 fully saturated rings. The monoisotopic (exact) mass is 992 g/mol. The third-order valence-electron chi connectivity index (χ3n) is 14.3. The Morgan fingerprint density at radius 2 is 0.766 bits per heavy atom. The van der Waals surface area contributed by atoms with E-state index in [-0.39, 0.29) is 11.8 Å². The molecule has 0 saturated carbocycles. The van der Waals surface area contributed by atoms with Crippen LogP contribution in [0.15, 0.2) is 48.5 Å².